The van der Waals surface area contributed by atoms with Crippen LogP contribution in [0.15, 0.2) is 12.1 Å². The Bertz CT molecular complexity index is 476. The van der Waals surface area contributed by atoms with Gasteiger partial charge in [-0.05, 0) is 37.3 Å². The summed E-state index contributed by atoms with van der Waals surface area (Å²) in [5.74, 6) is 0.533. The highest BCUT2D eigenvalue weighted by Crippen LogP contribution is 2.24. The zero-order valence-corrected chi connectivity index (χ0v) is 13.0. The van der Waals surface area contributed by atoms with Gasteiger partial charge in [-0.1, -0.05) is 44.7 Å². The molecule has 3 nitrogen and oxygen atoms in total. The molecule has 0 aromatic carbocycles. The first-order valence-electron chi connectivity index (χ1n) is 7.57. The molecule has 110 valence electrons. The third kappa shape index (κ3) is 3.95. The molecule has 1 N–H and O–H groups in total. The lowest BCUT2D eigenvalue weighted by Gasteiger charge is -2.29. The Morgan fingerprint density at radius 3 is 2.85 bits per heavy atom. The van der Waals surface area contributed by atoms with Gasteiger partial charge in [-0.15, -0.1) is 0 Å². The molecule has 0 radical (unpaired) electrons. The van der Waals surface area contributed by atoms with E-state index in [4.69, 9.17) is 11.6 Å². The summed E-state index contributed by atoms with van der Waals surface area (Å²) in [5.41, 5.74) is 1.52. The number of aromatic nitrogens is 1. The zero-order chi connectivity index (χ0) is 14.5. The average molecular weight is 295 g/mol. The first kappa shape index (κ1) is 15.3. The third-order valence-electron chi connectivity index (χ3n) is 4.04. The molecule has 0 bridgehead atoms. The predicted molar refractivity (Wildman–Crippen MR) is 82.1 cm³/mol. The van der Waals surface area contributed by atoms with Crippen LogP contribution in [0.2, 0.25) is 5.15 Å². The molecular formula is C16H23ClN2O. The molecule has 1 amide bonds. The van der Waals surface area contributed by atoms with Crippen molar-refractivity contribution in [1.82, 2.24) is 10.3 Å². The topological polar surface area (TPSA) is 42.0 Å². The molecular weight excluding hydrogens is 272 g/mol. The highest BCUT2D eigenvalue weighted by atomic mass is 35.5. The van der Waals surface area contributed by atoms with E-state index in [1.165, 1.54) is 19.3 Å². The van der Waals surface area contributed by atoms with E-state index in [1.807, 2.05) is 6.07 Å². The van der Waals surface area contributed by atoms with Crippen LogP contribution in [0.3, 0.4) is 0 Å². The average Bonchev–Trinajstić information content (AvgIpc) is 2.41. The van der Waals surface area contributed by atoms with Gasteiger partial charge in [-0.3, -0.25) is 4.79 Å². The van der Waals surface area contributed by atoms with Gasteiger partial charge in [0.25, 0.3) is 5.91 Å². The SMILES string of the molecule is CCCc1cc(C(=O)NC2CCCCC2C)cc(Cl)n1. The second-order valence-electron chi connectivity index (χ2n) is 5.76. The molecule has 0 saturated heterocycles. The Hall–Kier alpha value is -1.09. The van der Waals surface area contributed by atoms with Gasteiger partial charge in [0.2, 0.25) is 0 Å². The van der Waals surface area contributed by atoms with Crippen molar-refractivity contribution in [3.8, 4) is 0 Å². The van der Waals surface area contributed by atoms with Gasteiger partial charge in [-0.25, -0.2) is 4.98 Å². The van der Waals surface area contributed by atoms with Crippen molar-refractivity contribution in [2.24, 2.45) is 5.92 Å². The van der Waals surface area contributed by atoms with Crippen LogP contribution in [0.4, 0.5) is 0 Å². The molecule has 4 heteroatoms. The predicted octanol–water partition coefficient (Wildman–Crippen LogP) is 4.00. The van der Waals surface area contributed by atoms with Gasteiger partial charge in [0.05, 0.1) is 0 Å². The van der Waals surface area contributed by atoms with Crippen LogP contribution < -0.4 is 5.32 Å². The fourth-order valence-electron chi connectivity index (χ4n) is 2.85. The van der Waals surface area contributed by atoms with Crippen LogP contribution in [0, 0.1) is 5.92 Å². The highest BCUT2D eigenvalue weighted by Gasteiger charge is 2.23. The van der Waals surface area contributed by atoms with E-state index >= 15 is 0 Å². The number of hydrogen-bond donors (Lipinski definition) is 1. The van der Waals surface area contributed by atoms with Gasteiger partial charge >= 0.3 is 0 Å². The minimum absolute atomic E-state index is 0.0228. The van der Waals surface area contributed by atoms with Crippen LogP contribution in [0.5, 0.6) is 0 Å². The molecule has 1 aliphatic carbocycles. The van der Waals surface area contributed by atoms with Crippen molar-refractivity contribution in [1.29, 1.82) is 0 Å². The molecule has 0 spiro atoms. The minimum atomic E-state index is -0.0228. The van der Waals surface area contributed by atoms with Crippen molar-refractivity contribution in [2.45, 2.75) is 58.4 Å². The Morgan fingerprint density at radius 2 is 2.15 bits per heavy atom. The Balaban J connectivity index is 2.08. The molecule has 1 saturated carbocycles. The zero-order valence-electron chi connectivity index (χ0n) is 12.3. The van der Waals surface area contributed by atoms with Gasteiger partial charge in [-0.2, -0.15) is 0 Å². The maximum Gasteiger partial charge on any atom is 0.251 e. The van der Waals surface area contributed by atoms with Crippen LogP contribution in [-0.4, -0.2) is 16.9 Å². The van der Waals surface area contributed by atoms with Gasteiger partial charge in [0, 0.05) is 17.3 Å². The maximum absolute atomic E-state index is 12.4. The quantitative estimate of drug-likeness (QED) is 0.853. The summed E-state index contributed by atoms with van der Waals surface area (Å²) in [7, 11) is 0. The normalized spacial score (nSPS) is 22.6. The number of halogens is 1. The van der Waals surface area contributed by atoms with Crippen LogP contribution in [0.25, 0.3) is 0 Å². The van der Waals surface area contributed by atoms with Crippen LogP contribution in [-0.2, 0) is 6.42 Å². The summed E-state index contributed by atoms with van der Waals surface area (Å²) >= 11 is 6.01. The van der Waals surface area contributed by atoms with Gasteiger partial charge < -0.3 is 5.32 Å². The summed E-state index contributed by atoms with van der Waals surface area (Å²) in [4.78, 5) is 16.6. The monoisotopic (exact) mass is 294 g/mol. The number of carbonyl (C=O) groups is 1. The molecule has 1 aliphatic rings. The van der Waals surface area contributed by atoms with Crippen molar-refractivity contribution in [2.75, 3.05) is 0 Å². The first-order valence-corrected chi connectivity index (χ1v) is 7.95. The largest absolute Gasteiger partial charge is 0.349 e. The van der Waals surface area contributed by atoms with E-state index in [-0.39, 0.29) is 11.9 Å². The van der Waals surface area contributed by atoms with Crippen LogP contribution in [0.1, 0.15) is 62.0 Å². The lowest BCUT2D eigenvalue weighted by molar-refractivity contribution is 0.0910. The number of nitrogens with one attached hydrogen (secondary N) is 1. The Kier molecular flexibility index (Phi) is 5.41. The summed E-state index contributed by atoms with van der Waals surface area (Å²) in [6.45, 7) is 4.30. The molecule has 20 heavy (non-hydrogen) atoms. The van der Waals surface area contributed by atoms with Crippen molar-refractivity contribution in [3.63, 3.8) is 0 Å². The number of rotatable bonds is 4. The van der Waals surface area contributed by atoms with E-state index in [0.29, 0.717) is 16.6 Å². The number of aryl methyl sites for hydroxylation is 1. The standard InChI is InChI=1S/C16H23ClN2O/c1-3-6-13-9-12(10-15(17)18-13)16(20)19-14-8-5-4-7-11(14)2/h9-11,14H,3-8H2,1-2H3,(H,19,20). The van der Waals surface area contributed by atoms with Crippen molar-refractivity contribution >= 4 is 17.5 Å². The van der Waals surface area contributed by atoms with Crippen molar-refractivity contribution in [3.05, 3.63) is 28.5 Å². The van der Waals surface area contributed by atoms with Gasteiger partial charge in [0.15, 0.2) is 0 Å². The number of carbonyl (C=O) groups excluding carboxylic acids is 1. The van der Waals surface area contributed by atoms with Crippen LogP contribution >= 0.6 is 11.6 Å². The molecule has 1 aromatic rings. The number of hydrogen-bond acceptors (Lipinski definition) is 2. The molecule has 2 unspecified atom stereocenters. The van der Waals surface area contributed by atoms with E-state index in [2.05, 4.69) is 24.1 Å². The first-order chi connectivity index (χ1) is 9.60. The molecule has 0 aliphatic heterocycles. The fraction of sp³-hybridized carbons (Fsp3) is 0.625. The van der Waals surface area contributed by atoms with E-state index in [0.717, 1.165) is 25.0 Å². The van der Waals surface area contributed by atoms with E-state index in [9.17, 15) is 4.79 Å². The number of pyridine rings is 1. The summed E-state index contributed by atoms with van der Waals surface area (Å²) in [6, 6.07) is 3.81. The lowest BCUT2D eigenvalue weighted by Crippen LogP contribution is -2.41. The smallest absolute Gasteiger partial charge is 0.251 e. The second kappa shape index (κ2) is 7.07. The Labute approximate surface area is 126 Å². The lowest BCUT2D eigenvalue weighted by atomic mass is 9.86. The number of nitrogens with zero attached hydrogens (tertiary/aromatic N) is 1. The minimum Gasteiger partial charge on any atom is -0.349 e. The Morgan fingerprint density at radius 1 is 1.40 bits per heavy atom. The number of amides is 1. The third-order valence-corrected chi connectivity index (χ3v) is 4.24. The molecule has 2 atom stereocenters. The second-order valence-corrected chi connectivity index (χ2v) is 6.15. The molecule has 1 aromatic heterocycles. The van der Waals surface area contributed by atoms with Crippen molar-refractivity contribution < 1.29 is 4.79 Å². The molecule has 1 fully saturated rings. The maximum atomic E-state index is 12.4. The summed E-state index contributed by atoms with van der Waals surface area (Å²) < 4.78 is 0. The van der Waals surface area contributed by atoms with E-state index < -0.39 is 0 Å². The molecule has 1 heterocycles. The highest BCUT2D eigenvalue weighted by molar-refractivity contribution is 6.29. The van der Waals surface area contributed by atoms with Gasteiger partial charge in [0.1, 0.15) is 5.15 Å². The molecule has 2 rings (SSSR count). The summed E-state index contributed by atoms with van der Waals surface area (Å²) in [6.07, 6.45) is 6.59. The van der Waals surface area contributed by atoms with E-state index in [1.54, 1.807) is 6.07 Å². The fourth-order valence-corrected chi connectivity index (χ4v) is 3.08. The summed E-state index contributed by atoms with van der Waals surface area (Å²) in [5, 5.41) is 3.56.